The van der Waals surface area contributed by atoms with Gasteiger partial charge in [-0.05, 0) is 48.6 Å². The van der Waals surface area contributed by atoms with Crippen molar-refractivity contribution >= 4 is 0 Å². The molecule has 1 nitrogen and oxygen atoms in total. The van der Waals surface area contributed by atoms with Crippen LogP contribution in [0, 0.1) is 17.8 Å². The fraction of sp³-hybridized carbons (Fsp3) is 0.684. The van der Waals surface area contributed by atoms with Gasteiger partial charge in [-0.25, -0.2) is 0 Å². The molecule has 0 aromatic heterocycles. The summed E-state index contributed by atoms with van der Waals surface area (Å²) in [6.45, 7) is 10.6. The molecule has 5 atom stereocenters. The van der Waals surface area contributed by atoms with Crippen LogP contribution in [0.1, 0.15) is 58.4 Å². The van der Waals surface area contributed by atoms with Gasteiger partial charge in [-0.3, -0.25) is 0 Å². The minimum Gasteiger partial charge on any atom is -0.313 e. The molecule has 0 bridgehead atoms. The molecule has 1 aliphatic carbocycles. The molecule has 0 spiro atoms. The van der Waals surface area contributed by atoms with Crippen LogP contribution in [0.2, 0.25) is 0 Å². The standard InChI is InChI=1S/C19H31N/c1-5-20-19(16(4)17-9-7-6-8-10-17)18-12-11-14(2)15(3)13-18/h6-10,14-16,18-20H,5,11-13H2,1-4H3. The molecule has 0 aliphatic heterocycles. The van der Waals surface area contributed by atoms with Gasteiger partial charge >= 0.3 is 0 Å². The molecule has 1 aliphatic rings. The fourth-order valence-electron chi connectivity index (χ4n) is 3.87. The van der Waals surface area contributed by atoms with Crippen LogP contribution >= 0.6 is 0 Å². The minimum absolute atomic E-state index is 0.599. The lowest BCUT2D eigenvalue weighted by Crippen LogP contribution is -2.43. The van der Waals surface area contributed by atoms with Crippen molar-refractivity contribution in [2.45, 2.75) is 58.9 Å². The largest absolute Gasteiger partial charge is 0.313 e. The van der Waals surface area contributed by atoms with E-state index in [9.17, 15) is 0 Å². The van der Waals surface area contributed by atoms with Crippen molar-refractivity contribution < 1.29 is 0 Å². The predicted molar refractivity (Wildman–Crippen MR) is 88.0 cm³/mol. The highest BCUT2D eigenvalue weighted by molar-refractivity contribution is 5.21. The summed E-state index contributed by atoms with van der Waals surface area (Å²) < 4.78 is 0. The average Bonchev–Trinajstić information content (AvgIpc) is 2.48. The summed E-state index contributed by atoms with van der Waals surface area (Å²) in [5.41, 5.74) is 1.48. The van der Waals surface area contributed by atoms with E-state index in [1.165, 1.54) is 24.8 Å². The predicted octanol–water partition coefficient (Wildman–Crippen LogP) is 4.84. The van der Waals surface area contributed by atoms with Gasteiger partial charge in [-0.15, -0.1) is 0 Å². The van der Waals surface area contributed by atoms with Gasteiger partial charge in [0.1, 0.15) is 0 Å². The lowest BCUT2D eigenvalue weighted by molar-refractivity contribution is 0.161. The molecule has 1 N–H and O–H groups in total. The normalized spacial score (nSPS) is 29.9. The second-order valence-corrected chi connectivity index (χ2v) is 6.81. The van der Waals surface area contributed by atoms with Crippen LogP contribution in [0.3, 0.4) is 0 Å². The number of benzene rings is 1. The molecule has 5 unspecified atom stereocenters. The third kappa shape index (κ3) is 3.63. The van der Waals surface area contributed by atoms with E-state index in [0.29, 0.717) is 12.0 Å². The molecule has 1 aromatic carbocycles. The van der Waals surface area contributed by atoms with E-state index in [2.05, 4.69) is 63.3 Å². The van der Waals surface area contributed by atoms with E-state index < -0.39 is 0 Å². The first-order valence-electron chi connectivity index (χ1n) is 8.41. The fourth-order valence-corrected chi connectivity index (χ4v) is 3.87. The maximum atomic E-state index is 3.79. The molecule has 112 valence electrons. The molecule has 0 saturated heterocycles. The van der Waals surface area contributed by atoms with Crippen LogP contribution < -0.4 is 5.32 Å². The minimum atomic E-state index is 0.599. The van der Waals surface area contributed by atoms with E-state index >= 15 is 0 Å². The first-order chi connectivity index (χ1) is 9.63. The Morgan fingerprint density at radius 1 is 1.10 bits per heavy atom. The lowest BCUT2D eigenvalue weighted by atomic mass is 9.70. The first-order valence-corrected chi connectivity index (χ1v) is 8.41. The Morgan fingerprint density at radius 2 is 1.80 bits per heavy atom. The highest BCUT2D eigenvalue weighted by Gasteiger charge is 2.32. The summed E-state index contributed by atoms with van der Waals surface area (Å²) >= 11 is 0. The molecule has 20 heavy (non-hydrogen) atoms. The quantitative estimate of drug-likeness (QED) is 0.809. The zero-order chi connectivity index (χ0) is 14.5. The third-order valence-electron chi connectivity index (χ3n) is 5.45. The van der Waals surface area contributed by atoms with Gasteiger partial charge in [0, 0.05) is 6.04 Å². The molecule has 0 heterocycles. The number of likely N-dealkylation sites (N-methyl/N-ethyl adjacent to an activating group) is 1. The number of hydrogen-bond acceptors (Lipinski definition) is 1. The van der Waals surface area contributed by atoms with E-state index in [1.54, 1.807) is 0 Å². The van der Waals surface area contributed by atoms with Crippen molar-refractivity contribution in [1.82, 2.24) is 5.32 Å². The number of hydrogen-bond donors (Lipinski definition) is 1. The van der Waals surface area contributed by atoms with Gasteiger partial charge in [-0.1, -0.05) is 64.4 Å². The highest BCUT2D eigenvalue weighted by atomic mass is 14.9. The summed E-state index contributed by atoms with van der Waals surface area (Å²) in [6, 6.07) is 11.6. The van der Waals surface area contributed by atoms with E-state index in [1.807, 2.05) is 0 Å². The Kier molecular flexibility index (Phi) is 5.65. The second kappa shape index (κ2) is 7.26. The monoisotopic (exact) mass is 273 g/mol. The molecule has 1 fully saturated rings. The van der Waals surface area contributed by atoms with Crippen molar-refractivity contribution in [3.05, 3.63) is 35.9 Å². The highest BCUT2D eigenvalue weighted by Crippen LogP contribution is 2.38. The molecule has 2 rings (SSSR count). The van der Waals surface area contributed by atoms with Crippen LogP contribution in [-0.2, 0) is 0 Å². The summed E-state index contributed by atoms with van der Waals surface area (Å²) in [4.78, 5) is 0. The Bertz CT molecular complexity index is 386. The smallest absolute Gasteiger partial charge is 0.0161 e. The summed E-state index contributed by atoms with van der Waals surface area (Å²) in [5.74, 6) is 3.21. The van der Waals surface area contributed by atoms with Gasteiger partial charge in [0.05, 0.1) is 0 Å². The zero-order valence-electron chi connectivity index (χ0n) is 13.6. The van der Waals surface area contributed by atoms with E-state index in [4.69, 9.17) is 0 Å². The summed E-state index contributed by atoms with van der Waals surface area (Å²) in [7, 11) is 0. The van der Waals surface area contributed by atoms with E-state index in [-0.39, 0.29) is 0 Å². The van der Waals surface area contributed by atoms with Gasteiger partial charge in [0.25, 0.3) is 0 Å². The molecule has 1 aromatic rings. The zero-order valence-corrected chi connectivity index (χ0v) is 13.6. The van der Waals surface area contributed by atoms with Crippen molar-refractivity contribution in [3.63, 3.8) is 0 Å². The van der Waals surface area contributed by atoms with Crippen molar-refractivity contribution in [1.29, 1.82) is 0 Å². The van der Waals surface area contributed by atoms with Gasteiger partial charge in [-0.2, -0.15) is 0 Å². The van der Waals surface area contributed by atoms with Crippen molar-refractivity contribution in [3.8, 4) is 0 Å². The van der Waals surface area contributed by atoms with Crippen LogP contribution in [0.4, 0.5) is 0 Å². The topological polar surface area (TPSA) is 12.0 Å². The SMILES string of the molecule is CCNC(C1CCC(C)C(C)C1)C(C)c1ccccc1. The first kappa shape index (κ1) is 15.6. The van der Waals surface area contributed by atoms with Gasteiger partial charge < -0.3 is 5.32 Å². The maximum absolute atomic E-state index is 3.79. The summed E-state index contributed by atoms with van der Waals surface area (Å²) in [6.07, 6.45) is 4.17. The van der Waals surface area contributed by atoms with Crippen LogP contribution in [0.5, 0.6) is 0 Å². The Labute approximate surface area is 125 Å². The van der Waals surface area contributed by atoms with Gasteiger partial charge in [0.2, 0.25) is 0 Å². The molecular formula is C19H31N. The summed E-state index contributed by atoms with van der Waals surface area (Å²) in [5, 5.41) is 3.79. The van der Waals surface area contributed by atoms with Crippen LogP contribution in [-0.4, -0.2) is 12.6 Å². The molecule has 1 saturated carbocycles. The van der Waals surface area contributed by atoms with E-state index in [0.717, 1.165) is 24.3 Å². The third-order valence-corrected chi connectivity index (χ3v) is 5.45. The van der Waals surface area contributed by atoms with Crippen molar-refractivity contribution in [2.75, 3.05) is 6.54 Å². The van der Waals surface area contributed by atoms with Gasteiger partial charge in [0.15, 0.2) is 0 Å². The molecule has 0 amide bonds. The average molecular weight is 273 g/mol. The maximum Gasteiger partial charge on any atom is 0.0161 e. The molecule has 1 heteroatoms. The van der Waals surface area contributed by atoms with Crippen molar-refractivity contribution in [2.24, 2.45) is 17.8 Å². The molecule has 0 radical (unpaired) electrons. The van der Waals surface area contributed by atoms with Crippen LogP contribution in [0.25, 0.3) is 0 Å². The Balaban J connectivity index is 2.10. The Hall–Kier alpha value is -0.820. The number of rotatable bonds is 5. The van der Waals surface area contributed by atoms with Crippen LogP contribution in [0.15, 0.2) is 30.3 Å². The molecular weight excluding hydrogens is 242 g/mol. The lowest BCUT2D eigenvalue weighted by Gasteiger charge is -2.39. The number of nitrogens with one attached hydrogen (secondary N) is 1. The Morgan fingerprint density at radius 3 is 2.40 bits per heavy atom. The second-order valence-electron chi connectivity index (χ2n) is 6.81.